The largest absolute Gasteiger partial charge is 0.340 e. The van der Waals surface area contributed by atoms with Crippen LogP contribution < -0.4 is 0 Å². The van der Waals surface area contributed by atoms with Crippen molar-refractivity contribution in [2.75, 3.05) is 26.7 Å². The van der Waals surface area contributed by atoms with Gasteiger partial charge in [0, 0.05) is 31.6 Å². The molecule has 5 nitrogen and oxygen atoms in total. The maximum atomic E-state index is 12.8. The van der Waals surface area contributed by atoms with Gasteiger partial charge in [-0.25, -0.2) is 4.98 Å². The number of aromatic amines is 1. The molecule has 28 heavy (non-hydrogen) atoms. The van der Waals surface area contributed by atoms with E-state index in [9.17, 15) is 4.79 Å². The standard InChI is InChI=1S/C23H26N4O/c1-26-10-11-27(22(28)12-16-6-7-16)21(15-26)23-24-14-20(25-23)19-9-8-17-4-2-3-5-18(17)13-19/h2-5,8-9,13-14,16,21H,6-7,10-12,15H2,1H3,(H,24,25). The monoisotopic (exact) mass is 374 g/mol. The van der Waals surface area contributed by atoms with Gasteiger partial charge in [-0.15, -0.1) is 0 Å². The maximum Gasteiger partial charge on any atom is 0.223 e. The smallest absolute Gasteiger partial charge is 0.223 e. The third-order valence-electron chi connectivity index (χ3n) is 6.04. The SMILES string of the molecule is CN1CCN(C(=O)CC2CC2)C(c2ncc(-c3ccc4ccccc4c3)[nH]2)C1. The Hall–Kier alpha value is -2.66. The molecule has 2 aliphatic rings. The Morgan fingerprint density at radius 3 is 2.79 bits per heavy atom. The normalized spacial score (nSPS) is 20.6. The van der Waals surface area contributed by atoms with Crippen LogP contribution in [0.4, 0.5) is 0 Å². The van der Waals surface area contributed by atoms with Gasteiger partial charge in [0.2, 0.25) is 5.91 Å². The number of carbonyl (C=O) groups is 1. The fourth-order valence-electron chi connectivity index (χ4n) is 4.15. The number of carbonyl (C=O) groups excluding carboxylic acids is 1. The summed E-state index contributed by atoms with van der Waals surface area (Å²) in [5, 5.41) is 2.45. The molecular weight excluding hydrogens is 348 g/mol. The second-order valence-electron chi connectivity index (χ2n) is 8.26. The van der Waals surface area contributed by atoms with Gasteiger partial charge in [0.15, 0.2) is 0 Å². The zero-order valence-electron chi connectivity index (χ0n) is 16.3. The summed E-state index contributed by atoms with van der Waals surface area (Å²) in [7, 11) is 2.11. The molecule has 2 fully saturated rings. The van der Waals surface area contributed by atoms with E-state index in [4.69, 9.17) is 0 Å². The van der Waals surface area contributed by atoms with E-state index < -0.39 is 0 Å². The van der Waals surface area contributed by atoms with Crippen LogP contribution in [0.25, 0.3) is 22.0 Å². The summed E-state index contributed by atoms with van der Waals surface area (Å²) in [5.41, 5.74) is 2.13. The van der Waals surface area contributed by atoms with Crippen LogP contribution in [0.5, 0.6) is 0 Å². The molecule has 0 spiro atoms. The number of H-pyrrole nitrogens is 1. The van der Waals surface area contributed by atoms with Crippen molar-refractivity contribution in [1.29, 1.82) is 0 Å². The van der Waals surface area contributed by atoms with Gasteiger partial charge in [0.25, 0.3) is 0 Å². The van der Waals surface area contributed by atoms with Gasteiger partial charge < -0.3 is 14.8 Å². The highest BCUT2D eigenvalue weighted by Gasteiger charge is 2.35. The van der Waals surface area contributed by atoms with Crippen LogP contribution >= 0.6 is 0 Å². The molecule has 2 aromatic carbocycles. The second kappa shape index (κ2) is 7.06. The Bertz CT molecular complexity index is 1010. The van der Waals surface area contributed by atoms with Crippen LogP contribution in [0.15, 0.2) is 48.7 Å². The van der Waals surface area contributed by atoms with E-state index in [2.05, 4.69) is 64.4 Å². The molecule has 0 bridgehead atoms. The number of fused-ring (bicyclic) bond motifs is 1. The summed E-state index contributed by atoms with van der Waals surface area (Å²) in [6.07, 6.45) is 5.00. The minimum atomic E-state index is -0.000735. The highest BCUT2D eigenvalue weighted by Crippen LogP contribution is 2.35. The van der Waals surface area contributed by atoms with Gasteiger partial charge in [-0.3, -0.25) is 4.79 Å². The van der Waals surface area contributed by atoms with E-state index in [-0.39, 0.29) is 11.9 Å². The van der Waals surface area contributed by atoms with Crippen molar-refractivity contribution >= 4 is 16.7 Å². The molecule has 5 heteroatoms. The number of hydrogen-bond donors (Lipinski definition) is 1. The molecule has 0 radical (unpaired) electrons. The molecule has 2 heterocycles. The third-order valence-corrected chi connectivity index (χ3v) is 6.04. The Labute approximate surface area is 165 Å². The van der Waals surface area contributed by atoms with Crippen LogP contribution in [0.3, 0.4) is 0 Å². The van der Waals surface area contributed by atoms with Gasteiger partial charge in [-0.1, -0.05) is 36.4 Å². The lowest BCUT2D eigenvalue weighted by molar-refractivity contribution is -0.136. The summed E-state index contributed by atoms with van der Waals surface area (Å²) in [6, 6.07) is 14.8. The van der Waals surface area contributed by atoms with Crippen molar-refractivity contribution in [3.05, 3.63) is 54.5 Å². The van der Waals surface area contributed by atoms with E-state index in [1.54, 1.807) is 0 Å². The summed E-state index contributed by atoms with van der Waals surface area (Å²) >= 11 is 0. The van der Waals surface area contributed by atoms with E-state index in [1.165, 1.54) is 23.6 Å². The van der Waals surface area contributed by atoms with Crippen LogP contribution in [-0.4, -0.2) is 52.4 Å². The van der Waals surface area contributed by atoms with E-state index in [0.29, 0.717) is 12.3 Å². The molecule has 1 saturated carbocycles. The van der Waals surface area contributed by atoms with Crippen molar-refractivity contribution in [2.45, 2.75) is 25.3 Å². The zero-order valence-corrected chi connectivity index (χ0v) is 16.3. The van der Waals surface area contributed by atoms with Crippen LogP contribution in [0.1, 0.15) is 31.1 Å². The molecular formula is C23H26N4O. The number of benzene rings is 2. The molecule has 1 aliphatic carbocycles. The summed E-state index contributed by atoms with van der Waals surface area (Å²) in [6.45, 7) is 2.52. The quantitative estimate of drug-likeness (QED) is 0.755. The molecule has 1 aliphatic heterocycles. The molecule has 1 unspecified atom stereocenters. The number of nitrogens with one attached hydrogen (secondary N) is 1. The number of imidazole rings is 1. The topological polar surface area (TPSA) is 52.2 Å². The highest BCUT2D eigenvalue weighted by atomic mass is 16.2. The average Bonchev–Trinajstić information content (AvgIpc) is 3.39. The number of nitrogens with zero attached hydrogens (tertiary/aromatic N) is 3. The summed E-state index contributed by atoms with van der Waals surface area (Å²) in [4.78, 5) is 25.3. The van der Waals surface area contributed by atoms with Gasteiger partial charge in [0.05, 0.1) is 11.9 Å². The first-order valence-electron chi connectivity index (χ1n) is 10.2. The Kier molecular flexibility index (Phi) is 4.40. The molecule has 1 saturated heterocycles. The van der Waals surface area contributed by atoms with Gasteiger partial charge in [-0.2, -0.15) is 0 Å². The summed E-state index contributed by atoms with van der Waals surface area (Å²) < 4.78 is 0. The highest BCUT2D eigenvalue weighted by molar-refractivity contribution is 5.86. The fourth-order valence-corrected chi connectivity index (χ4v) is 4.15. The van der Waals surface area contributed by atoms with Gasteiger partial charge in [-0.05, 0) is 42.6 Å². The first-order chi connectivity index (χ1) is 13.7. The van der Waals surface area contributed by atoms with Crippen LogP contribution in [-0.2, 0) is 4.79 Å². The molecule has 1 amide bonds. The second-order valence-corrected chi connectivity index (χ2v) is 8.26. The number of likely N-dealkylation sites (N-methyl/N-ethyl adjacent to an activating group) is 1. The molecule has 5 rings (SSSR count). The predicted octanol–water partition coefficient (Wildman–Crippen LogP) is 3.85. The van der Waals surface area contributed by atoms with E-state index >= 15 is 0 Å². The van der Waals surface area contributed by atoms with Crippen LogP contribution in [0.2, 0.25) is 0 Å². The molecule has 1 atom stereocenters. The average molecular weight is 374 g/mol. The van der Waals surface area contributed by atoms with E-state index in [1.807, 2.05) is 11.1 Å². The predicted molar refractivity (Wildman–Crippen MR) is 111 cm³/mol. The number of piperazine rings is 1. The van der Waals surface area contributed by atoms with Crippen molar-refractivity contribution in [2.24, 2.45) is 5.92 Å². The minimum Gasteiger partial charge on any atom is -0.340 e. The third kappa shape index (κ3) is 3.42. The maximum absolute atomic E-state index is 12.8. The van der Waals surface area contributed by atoms with E-state index in [0.717, 1.165) is 36.7 Å². The number of rotatable bonds is 4. The number of amides is 1. The lowest BCUT2D eigenvalue weighted by atomic mass is 10.1. The van der Waals surface area contributed by atoms with Crippen LogP contribution in [0, 0.1) is 5.92 Å². The molecule has 1 aromatic heterocycles. The van der Waals surface area contributed by atoms with Crippen molar-refractivity contribution in [3.8, 4) is 11.3 Å². The van der Waals surface area contributed by atoms with Crippen molar-refractivity contribution in [1.82, 2.24) is 19.8 Å². The fraction of sp³-hybridized carbons (Fsp3) is 0.391. The first kappa shape index (κ1) is 17.4. The summed E-state index contributed by atoms with van der Waals surface area (Å²) in [5.74, 6) is 1.78. The lowest BCUT2D eigenvalue weighted by Gasteiger charge is -2.39. The lowest BCUT2D eigenvalue weighted by Crippen LogP contribution is -2.49. The molecule has 1 N–H and O–H groups in total. The Morgan fingerprint density at radius 2 is 1.96 bits per heavy atom. The van der Waals surface area contributed by atoms with Crippen molar-refractivity contribution in [3.63, 3.8) is 0 Å². The van der Waals surface area contributed by atoms with Gasteiger partial charge >= 0.3 is 0 Å². The van der Waals surface area contributed by atoms with Gasteiger partial charge in [0.1, 0.15) is 11.9 Å². The molecule has 3 aromatic rings. The molecule has 144 valence electrons. The Morgan fingerprint density at radius 1 is 1.14 bits per heavy atom. The number of aromatic nitrogens is 2. The Balaban J connectivity index is 1.42. The van der Waals surface area contributed by atoms with Crippen molar-refractivity contribution < 1.29 is 4.79 Å². The minimum absolute atomic E-state index is 0.000735. The first-order valence-corrected chi connectivity index (χ1v) is 10.2. The number of hydrogen-bond acceptors (Lipinski definition) is 3. The zero-order chi connectivity index (χ0) is 19.1.